The molecule has 9 heteroatoms. The van der Waals surface area contributed by atoms with Crippen molar-refractivity contribution < 1.29 is 9.50 Å². The Hall–Kier alpha value is -3.41. The minimum atomic E-state index is -0.638. The summed E-state index contributed by atoms with van der Waals surface area (Å²) in [5.74, 6) is -0.00922. The number of pyridine rings is 1. The first-order valence-corrected chi connectivity index (χ1v) is 11.1. The number of piperidine rings is 1. The number of fused-ring (bicyclic) bond motifs is 1. The van der Waals surface area contributed by atoms with Crippen molar-refractivity contribution in [3.63, 3.8) is 0 Å². The van der Waals surface area contributed by atoms with Crippen LogP contribution in [-0.4, -0.2) is 41.8 Å². The summed E-state index contributed by atoms with van der Waals surface area (Å²) in [5.41, 5.74) is 9.85. The largest absolute Gasteiger partial charge is 0.507 e. The molecule has 3 heterocycles. The molecule has 0 bridgehead atoms. The molecule has 0 saturated carbocycles. The highest BCUT2D eigenvalue weighted by Crippen LogP contribution is 2.41. The van der Waals surface area contributed by atoms with Crippen LogP contribution in [0.4, 0.5) is 10.2 Å². The van der Waals surface area contributed by atoms with Crippen molar-refractivity contribution in [2.75, 3.05) is 18.0 Å². The van der Waals surface area contributed by atoms with E-state index in [4.69, 9.17) is 27.6 Å². The van der Waals surface area contributed by atoms with E-state index in [0.29, 0.717) is 40.8 Å². The van der Waals surface area contributed by atoms with E-state index in [1.807, 2.05) is 24.3 Å². The zero-order valence-electron chi connectivity index (χ0n) is 17.7. The number of benzene rings is 2. The molecule has 0 radical (unpaired) electrons. The van der Waals surface area contributed by atoms with Gasteiger partial charge in [0.25, 0.3) is 7.41 Å². The second-order valence-corrected chi connectivity index (χ2v) is 8.69. The smallest absolute Gasteiger partial charge is 0.297 e. The molecule has 0 amide bonds. The monoisotopic (exact) mass is 459 g/mol. The zero-order chi connectivity index (χ0) is 23.1. The summed E-state index contributed by atoms with van der Waals surface area (Å²) >= 11 is 6.27. The lowest BCUT2D eigenvalue weighted by atomic mass is 9.82. The highest BCUT2D eigenvalue weighted by atomic mass is 35.5. The third-order valence-corrected chi connectivity index (χ3v) is 6.54. The number of nitrogens with two attached hydrogens (primary N) is 1. The molecule has 2 aromatic carbocycles. The van der Waals surface area contributed by atoms with Crippen LogP contribution in [-0.2, 0) is 0 Å². The van der Waals surface area contributed by atoms with Gasteiger partial charge in [-0.25, -0.2) is 9.37 Å². The normalized spacial score (nSPS) is 15.6. The van der Waals surface area contributed by atoms with Crippen LogP contribution in [0.3, 0.4) is 0 Å². The number of nitrogens with zero attached hydrogens (tertiary/aromatic N) is 4. The maximum atomic E-state index is 14.5. The Labute approximate surface area is 196 Å². The maximum Gasteiger partial charge on any atom is 0.297 e. The molecular formula is C24H20BClFN5O. The van der Waals surface area contributed by atoms with Crippen molar-refractivity contribution in [1.82, 2.24) is 4.98 Å². The topological polar surface area (TPSA) is 98.5 Å². The van der Waals surface area contributed by atoms with Gasteiger partial charge in [-0.05, 0) is 42.1 Å². The van der Waals surface area contributed by atoms with Crippen molar-refractivity contribution >= 4 is 35.5 Å². The highest BCUT2D eigenvalue weighted by molar-refractivity contribution is 6.78. The van der Waals surface area contributed by atoms with E-state index >= 15 is 0 Å². The van der Waals surface area contributed by atoms with E-state index in [0.717, 1.165) is 37.0 Å². The van der Waals surface area contributed by atoms with E-state index in [2.05, 4.69) is 9.80 Å². The fraction of sp³-hybridized carbons (Fsp3) is 0.208. The lowest BCUT2D eigenvalue weighted by Crippen LogP contribution is -2.40. The zero-order valence-corrected chi connectivity index (χ0v) is 18.5. The van der Waals surface area contributed by atoms with Gasteiger partial charge < -0.3 is 20.6 Å². The van der Waals surface area contributed by atoms with E-state index < -0.39 is 5.82 Å². The number of anilines is 1. The Bertz CT molecular complexity index is 1330. The summed E-state index contributed by atoms with van der Waals surface area (Å²) in [7, 11) is 0.516. The molecule has 3 aromatic rings. The van der Waals surface area contributed by atoms with Gasteiger partial charge in [0.1, 0.15) is 28.6 Å². The molecule has 0 spiro atoms. The molecule has 0 atom stereocenters. The van der Waals surface area contributed by atoms with E-state index in [-0.39, 0.29) is 17.4 Å². The Balaban J connectivity index is 1.68. The molecule has 1 fully saturated rings. The standard InChI is InChI=1S/C24H20BClFN5O/c26-24-17-9-13(3-4-18(17)25-31-24)22-20(33)11-21(32-7-5-16(29)6-8-32)30-23(22)14-1-2-15(12-28)19(27)10-14/h1-4,9-11,16,25H,5-8,29H2,(H,30,33). The molecule has 2 aliphatic rings. The summed E-state index contributed by atoms with van der Waals surface area (Å²) in [6, 6.07) is 13.6. The van der Waals surface area contributed by atoms with Gasteiger partial charge in [0, 0.05) is 36.3 Å². The molecule has 1 aromatic heterocycles. The van der Waals surface area contributed by atoms with Crippen molar-refractivity contribution in [3.05, 3.63) is 59.4 Å². The van der Waals surface area contributed by atoms with Crippen LogP contribution < -0.4 is 16.1 Å². The van der Waals surface area contributed by atoms with Crippen LogP contribution in [0.5, 0.6) is 5.75 Å². The second kappa shape index (κ2) is 8.51. The molecule has 1 saturated heterocycles. The SMILES string of the molecule is N#Cc1ccc(-c2nc(N3CCC(N)CC3)cc(O)c2-c2ccc3c(c2)C(Cl)=NB3)cc1F. The summed E-state index contributed by atoms with van der Waals surface area (Å²) in [6.45, 7) is 1.44. The average molecular weight is 460 g/mol. The van der Waals surface area contributed by atoms with Crippen LogP contribution in [0.15, 0.2) is 47.4 Å². The van der Waals surface area contributed by atoms with E-state index in [1.165, 1.54) is 12.1 Å². The second-order valence-electron chi connectivity index (χ2n) is 8.33. The van der Waals surface area contributed by atoms with Gasteiger partial charge in [0.2, 0.25) is 0 Å². The summed E-state index contributed by atoms with van der Waals surface area (Å²) in [4.78, 5) is 11.2. The van der Waals surface area contributed by atoms with Gasteiger partial charge in [-0.15, -0.1) is 0 Å². The molecule has 33 heavy (non-hydrogen) atoms. The molecule has 0 unspecified atom stereocenters. The number of hydrogen-bond donors (Lipinski definition) is 2. The molecule has 2 aliphatic heterocycles. The summed E-state index contributed by atoms with van der Waals surface area (Å²) in [6.07, 6.45) is 1.65. The summed E-state index contributed by atoms with van der Waals surface area (Å²) < 4.78 is 14.5. The van der Waals surface area contributed by atoms with Gasteiger partial charge in [0.05, 0.1) is 16.8 Å². The number of nitriles is 1. The van der Waals surface area contributed by atoms with Gasteiger partial charge in [-0.3, -0.25) is 0 Å². The number of hydrogen-bond acceptors (Lipinski definition) is 6. The van der Waals surface area contributed by atoms with Gasteiger partial charge >= 0.3 is 0 Å². The van der Waals surface area contributed by atoms with Gasteiger partial charge in [0.15, 0.2) is 0 Å². The summed E-state index contributed by atoms with van der Waals surface area (Å²) in [5, 5.41) is 20.7. The van der Waals surface area contributed by atoms with Crippen LogP contribution in [0.25, 0.3) is 22.4 Å². The lowest BCUT2D eigenvalue weighted by molar-refractivity contribution is 0.473. The fourth-order valence-corrected chi connectivity index (χ4v) is 4.59. The van der Waals surface area contributed by atoms with Gasteiger partial charge in [-0.2, -0.15) is 5.26 Å². The molecule has 0 aliphatic carbocycles. The number of aromatic hydroxyl groups is 1. The third-order valence-electron chi connectivity index (χ3n) is 6.22. The Morgan fingerprint density at radius 2 is 1.91 bits per heavy atom. The maximum absolute atomic E-state index is 14.5. The number of rotatable bonds is 3. The average Bonchev–Trinajstić information content (AvgIpc) is 3.19. The Morgan fingerprint density at radius 1 is 1.15 bits per heavy atom. The first kappa shape index (κ1) is 21.4. The van der Waals surface area contributed by atoms with Crippen molar-refractivity contribution in [3.8, 4) is 34.2 Å². The van der Waals surface area contributed by atoms with Crippen molar-refractivity contribution in [2.24, 2.45) is 10.6 Å². The first-order chi connectivity index (χ1) is 15.9. The van der Waals surface area contributed by atoms with Crippen molar-refractivity contribution in [2.45, 2.75) is 18.9 Å². The quantitative estimate of drug-likeness (QED) is 0.587. The predicted octanol–water partition coefficient (Wildman–Crippen LogP) is 3.04. The fourth-order valence-electron chi connectivity index (χ4n) is 4.36. The van der Waals surface area contributed by atoms with Crippen molar-refractivity contribution in [1.29, 1.82) is 5.26 Å². The third kappa shape index (κ3) is 3.95. The minimum absolute atomic E-state index is 0.0284. The minimum Gasteiger partial charge on any atom is -0.507 e. The van der Waals surface area contributed by atoms with Crippen LogP contribution in [0, 0.1) is 17.1 Å². The van der Waals surface area contributed by atoms with Gasteiger partial charge in [-0.1, -0.05) is 29.8 Å². The molecule has 5 rings (SSSR count). The number of aromatic nitrogens is 1. The predicted molar refractivity (Wildman–Crippen MR) is 130 cm³/mol. The highest BCUT2D eigenvalue weighted by Gasteiger charge is 2.24. The van der Waals surface area contributed by atoms with Crippen LogP contribution in [0.2, 0.25) is 0 Å². The van der Waals surface area contributed by atoms with E-state index in [9.17, 15) is 9.50 Å². The first-order valence-electron chi connectivity index (χ1n) is 10.7. The Morgan fingerprint density at radius 3 is 2.64 bits per heavy atom. The molecule has 164 valence electrons. The Kier molecular flexibility index (Phi) is 5.53. The van der Waals surface area contributed by atoms with Crippen LogP contribution >= 0.6 is 11.6 Å². The number of halogens is 2. The lowest BCUT2D eigenvalue weighted by Gasteiger charge is -2.31. The van der Waals surface area contributed by atoms with E-state index in [1.54, 1.807) is 12.1 Å². The molecule has 3 N–H and O–H groups in total. The molecular weight excluding hydrogens is 440 g/mol. The molecule has 6 nitrogen and oxygen atoms in total. The van der Waals surface area contributed by atoms with Crippen LogP contribution in [0.1, 0.15) is 24.0 Å².